The maximum Gasteiger partial charge on any atom is 0.471 e. The highest BCUT2D eigenvalue weighted by molar-refractivity contribution is 5.81. The van der Waals surface area contributed by atoms with E-state index >= 15 is 0 Å². The van der Waals surface area contributed by atoms with Crippen LogP contribution in [0.15, 0.2) is 30.3 Å². The third kappa shape index (κ3) is 4.23. The molecule has 3 nitrogen and oxygen atoms in total. The third-order valence-corrected chi connectivity index (χ3v) is 3.43. The lowest BCUT2D eigenvalue weighted by Crippen LogP contribution is -2.48. The van der Waals surface area contributed by atoms with Crippen LogP contribution in [-0.2, 0) is 11.3 Å². The molecule has 1 aliphatic rings. The van der Waals surface area contributed by atoms with Crippen molar-refractivity contribution in [3.63, 3.8) is 0 Å². The van der Waals surface area contributed by atoms with Crippen LogP contribution in [0.4, 0.5) is 13.2 Å². The van der Waals surface area contributed by atoms with Crippen LogP contribution in [0.2, 0.25) is 0 Å². The zero-order chi connectivity index (χ0) is 14.6. The molecule has 1 heterocycles. The van der Waals surface area contributed by atoms with Crippen LogP contribution in [0.5, 0.6) is 0 Å². The average Bonchev–Trinajstić information content (AvgIpc) is 2.41. The molecular weight excluding hydrogens is 269 g/mol. The fourth-order valence-electron chi connectivity index (χ4n) is 2.34. The molecule has 0 aliphatic carbocycles. The van der Waals surface area contributed by atoms with Gasteiger partial charge in [-0.05, 0) is 18.4 Å². The van der Waals surface area contributed by atoms with E-state index in [1.165, 1.54) is 5.56 Å². The number of carbonyl (C=O) groups is 1. The molecule has 0 unspecified atom stereocenters. The van der Waals surface area contributed by atoms with Crippen molar-refractivity contribution in [3.8, 4) is 0 Å². The highest BCUT2D eigenvalue weighted by Gasteiger charge is 2.40. The number of piperidine rings is 1. The van der Waals surface area contributed by atoms with Gasteiger partial charge >= 0.3 is 12.1 Å². The highest BCUT2D eigenvalue weighted by atomic mass is 19.4. The number of amides is 1. The van der Waals surface area contributed by atoms with E-state index in [0.717, 1.165) is 6.54 Å². The molecule has 0 radical (unpaired) electrons. The first-order chi connectivity index (χ1) is 9.45. The van der Waals surface area contributed by atoms with Crippen molar-refractivity contribution in [2.24, 2.45) is 0 Å². The summed E-state index contributed by atoms with van der Waals surface area (Å²) in [6.45, 7) is 2.18. The summed E-state index contributed by atoms with van der Waals surface area (Å²) in [7, 11) is 0. The second-order valence-electron chi connectivity index (χ2n) is 5.01. The lowest BCUT2D eigenvalue weighted by molar-refractivity contribution is -0.174. The average molecular weight is 286 g/mol. The number of nitrogens with one attached hydrogen (secondary N) is 1. The quantitative estimate of drug-likeness (QED) is 0.925. The van der Waals surface area contributed by atoms with E-state index in [1.54, 1.807) is 0 Å². The Morgan fingerprint density at radius 2 is 1.80 bits per heavy atom. The lowest BCUT2D eigenvalue weighted by atomic mass is 10.0. The number of hydrogen-bond donors (Lipinski definition) is 1. The van der Waals surface area contributed by atoms with Gasteiger partial charge in [-0.2, -0.15) is 13.2 Å². The molecule has 1 saturated heterocycles. The lowest BCUT2D eigenvalue weighted by Gasteiger charge is -2.32. The Kier molecular flexibility index (Phi) is 4.65. The molecule has 0 aromatic heterocycles. The molecule has 1 amide bonds. The number of rotatable bonds is 3. The molecule has 0 atom stereocenters. The van der Waals surface area contributed by atoms with Crippen LogP contribution in [0.1, 0.15) is 18.4 Å². The normalized spacial score (nSPS) is 17.9. The summed E-state index contributed by atoms with van der Waals surface area (Å²) < 4.78 is 36.4. The Balaban J connectivity index is 1.77. The summed E-state index contributed by atoms with van der Waals surface area (Å²) in [5.41, 5.74) is 1.19. The van der Waals surface area contributed by atoms with E-state index in [4.69, 9.17) is 0 Å². The molecule has 1 fully saturated rings. The highest BCUT2D eigenvalue weighted by Crippen LogP contribution is 2.18. The van der Waals surface area contributed by atoms with Crippen molar-refractivity contribution >= 4 is 5.91 Å². The smallest absolute Gasteiger partial charge is 0.345 e. The molecule has 110 valence electrons. The van der Waals surface area contributed by atoms with Crippen LogP contribution in [-0.4, -0.2) is 36.1 Å². The second kappa shape index (κ2) is 6.26. The maximum atomic E-state index is 12.1. The van der Waals surface area contributed by atoms with E-state index in [1.807, 2.05) is 30.3 Å². The predicted molar refractivity (Wildman–Crippen MR) is 68.9 cm³/mol. The minimum Gasteiger partial charge on any atom is -0.345 e. The van der Waals surface area contributed by atoms with Gasteiger partial charge in [0.2, 0.25) is 0 Å². The van der Waals surface area contributed by atoms with Crippen molar-refractivity contribution in [2.45, 2.75) is 31.6 Å². The van der Waals surface area contributed by atoms with Gasteiger partial charge < -0.3 is 5.32 Å². The first-order valence-corrected chi connectivity index (χ1v) is 6.59. The van der Waals surface area contributed by atoms with E-state index < -0.39 is 12.1 Å². The maximum absolute atomic E-state index is 12.1. The van der Waals surface area contributed by atoms with Crippen LogP contribution < -0.4 is 5.32 Å². The SMILES string of the molecule is O=C(NC1CCN(Cc2ccccc2)CC1)C(F)(F)F. The topological polar surface area (TPSA) is 32.3 Å². The van der Waals surface area contributed by atoms with Crippen molar-refractivity contribution in [2.75, 3.05) is 13.1 Å². The van der Waals surface area contributed by atoms with Gasteiger partial charge in [0.15, 0.2) is 0 Å². The Morgan fingerprint density at radius 3 is 2.35 bits per heavy atom. The zero-order valence-electron chi connectivity index (χ0n) is 11.0. The van der Waals surface area contributed by atoms with Crippen LogP contribution >= 0.6 is 0 Å². The van der Waals surface area contributed by atoms with Crippen molar-refractivity contribution in [1.29, 1.82) is 0 Å². The van der Waals surface area contributed by atoms with Gasteiger partial charge in [0.25, 0.3) is 0 Å². The van der Waals surface area contributed by atoms with Crippen molar-refractivity contribution < 1.29 is 18.0 Å². The van der Waals surface area contributed by atoms with Crippen molar-refractivity contribution in [1.82, 2.24) is 10.2 Å². The molecule has 1 aromatic rings. The molecule has 0 spiro atoms. The van der Waals surface area contributed by atoms with Crippen molar-refractivity contribution in [3.05, 3.63) is 35.9 Å². The molecular formula is C14H17F3N2O. The van der Waals surface area contributed by atoms with Crippen LogP contribution in [0, 0.1) is 0 Å². The molecule has 2 rings (SSSR count). The summed E-state index contributed by atoms with van der Waals surface area (Å²) in [5.74, 6) is -1.83. The monoisotopic (exact) mass is 286 g/mol. The second-order valence-corrected chi connectivity index (χ2v) is 5.01. The van der Waals surface area contributed by atoms with Gasteiger partial charge in [0.05, 0.1) is 0 Å². The van der Waals surface area contributed by atoms with Crippen LogP contribution in [0.25, 0.3) is 0 Å². The standard InChI is InChI=1S/C14H17F3N2O/c15-14(16,17)13(20)18-12-6-8-19(9-7-12)10-11-4-2-1-3-5-11/h1-5,12H,6-10H2,(H,18,20). The van der Waals surface area contributed by atoms with Gasteiger partial charge in [0.1, 0.15) is 0 Å². The molecule has 20 heavy (non-hydrogen) atoms. The molecule has 1 aliphatic heterocycles. The molecule has 0 saturated carbocycles. The molecule has 6 heteroatoms. The summed E-state index contributed by atoms with van der Waals surface area (Å²) in [6, 6.07) is 9.55. The number of halogens is 3. The summed E-state index contributed by atoms with van der Waals surface area (Å²) in [6.07, 6.45) is -3.69. The number of carbonyl (C=O) groups excluding carboxylic acids is 1. The Hall–Kier alpha value is -1.56. The van der Waals surface area contributed by atoms with Gasteiger partial charge in [-0.15, -0.1) is 0 Å². The van der Waals surface area contributed by atoms with Gasteiger partial charge in [0, 0.05) is 25.7 Å². The summed E-state index contributed by atoms with van der Waals surface area (Å²) in [4.78, 5) is 13.0. The van der Waals surface area contributed by atoms with Gasteiger partial charge in [-0.3, -0.25) is 9.69 Å². The van der Waals surface area contributed by atoms with E-state index in [9.17, 15) is 18.0 Å². The molecule has 1 aromatic carbocycles. The summed E-state index contributed by atoms with van der Waals surface area (Å²) >= 11 is 0. The van der Waals surface area contributed by atoms with Gasteiger partial charge in [-0.25, -0.2) is 0 Å². The number of likely N-dealkylation sites (tertiary alicyclic amines) is 1. The Bertz CT molecular complexity index is 439. The number of benzene rings is 1. The fourth-order valence-corrected chi connectivity index (χ4v) is 2.34. The first-order valence-electron chi connectivity index (χ1n) is 6.59. The Labute approximate surface area is 115 Å². The largest absolute Gasteiger partial charge is 0.471 e. The van der Waals surface area contributed by atoms with E-state index in [-0.39, 0.29) is 6.04 Å². The number of alkyl halides is 3. The zero-order valence-corrected chi connectivity index (χ0v) is 11.0. The Morgan fingerprint density at radius 1 is 1.20 bits per heavy atom. The van der Waals surface area contributed by atoms with Crippen LogP contribution in [0.3, 0.4) is 0 Å². The van der Waals surface area contributed by atoms with Gasteiger partial charge in [-0.1, -0.05) is 30.3 Å². The minimum absolute atomic E-state index is 0.379. The minimum atomic E-state index is -4.79. The molecule has 0 bridgehead atoms. The predicted octanol–water partition coefficient (Wildman–Crippen LogP) is 2.33. The number of nitrogens with zero attached hydrogens (tertiary/aromatic N) is 1. The van der Waals surface area contributed by atoms with E-state index in [2.05, 4.69) is 10.2 Å². The summed E-state index contributed by atoms with van der Waals surface area (Å²) in [5, 5.41) is 2.05. The number of hydrogen-bond acceptors (Lipinski definition) is 2. The molecule has 1 N–H and O–H groups in total. The fraction of sp³-hybridized carbons (Fsp3) is 0.500. The third-order valence-electron chi connectivity index (χ3n) is 3.43. The first kappa shape index (κ1) is 14.8. The van der Waals surface area contributed by atoms with E-state index in [0.29, 0.717) is 25.9 Å².